The Morgan fingerprint density at radius 3 is 2.73 bits per heavy atom. The van der Waals surface area contributed by atoms with Crippen LogP contribution in [0, 0.1) is 11.7 Å². The van der Waals surface area contributed by atoms with Crippen molar-refractivity contribution in [2.45, 2.75) is 25.9 Å². The third kappa shape index (κ3) is 3.55. The summed E-state index contributed by atoms with van der Waals surface area (Å²) in [6, 6.07) is 0. The van der Waals surface area contributed by atoms with Crippen LogP contribution in [0.3, 0.4) is 0 Å². The lowest BCUT2D eigenvalue weighted by atomic mass is 9.97. The van der Waals surface area contributed by atoms with Crippen molar-refractivity contribution in [3.05, 3.63) is 36.2 Å². The largest absolute Gasteiger partial charge is 0.419 e. The summed E-state index contributed by atoms with van der Waals surface area (Å²) in [5, 5.41) is 9.27. The molecule has 172 valence electrons. The fraction of sp³-hybridized carbons (Fsp3) is 0.333. The molecule has 0 spiro atoms. The highest BCUT2D eigenvalue weighted by molar-refractivity contribution is 6.03. The van der Waals surface area contributed by atoms with Crippen molar-refractivity contribution in [1.82, 2.24) is 24.6 Å². The number of amides is 1. The molecule has 0 saturated heterocycles. The van der Waals surface area contributed by atoms with E-state index >= 15 is 4.39 Å². The highest BCUT2D eigenvalue weighted by atomic mass is 19.4. The number of aromatic nitrogens is 5. The Balaban J connectivity index is 1.70. The summed E-state index contributed by atoms with van der Waals surface area (Å²) < 4.78 is 59.3. The van der Waals surface area contributed by atoms with Crippen LogP contribution in [0.2, 0.25) is 0 Å². The molecule has 3 aromatic heterocycles. The fourth-order valence-electron chi connectivity index (χ4n) is 3.84. The van der Waals surface area contributed by atoms with Crippen LogP contribution in [0.4, 0.5) is 29.1 Å². The number of rotatable bonds is 5. The molecule has 0 bridgehead atoms. The van der Waals surface area contributed by atoms with Gasteiger partial charge in [0.15, 0.2) is 17.3 Å². The number of H-pyrrole nitrogens is 1. The zero-order valence-corrected chi connectivity index (χ0v) is 17.7. The summed E-state index contributed by atoms with van der Waals surface area (Å²) >= 11 is 0. The third-order valence-corrected chi connectivity index (χ3v) is 5.76. The fourth-order valence-corrected chi connectivity index (χ4v) is 3.84. The van der Waals surface area contributed by atoms with Gasteiger partial charge in [0.25, 0.3) is 0 Å². The van der Waals surface area contributed by atoms with Gasteiger partial charge in [-0.1, -0.05) is 0 Å². The van der Waals surface area contributed by atoms with Gasteiger partial charge in [0.2, 0.25) is 5.91 Å². The Kier molecular flexibility index (Phi) is 4.76. The number of aromatic amines is 1. The number of halogens is 4. The molecule has 1 aliphatic rings. The molecule has 1 fully saturated rings. The van der Waals surface area contributed by atoms with E-state index < -0.39 is 23.1 Å². The first-order valence-corrected chi connectivity index (χ1v) is 10.3. The second-order valence-corrected chi connectivity index (χ2v) is 8.01. The van der Waals surface area contributed by atoms with Gasteiger partial charge in [-0.2, -0.15) is 18.3 Å². The van der Waals surface area contributed by atoms with E-state index in [9.17, 15) is 18.0 Å². The van der Waals surface area contributed by atoms with Crippen molar-refractivity contribution in [2.24, 2.45) is 5.92 Å². The molecular formula is C21H19F4N7O. The Morgan fingerprint density at radius 1 is 1.30 bits per heavy atom. The minimum absolute atomic E-state index is 0.0324. The van der Waals surface area contributed by atoms with E-state index in [-0.39, 0.29) is 46.5 Å². The van der Waals surface area contributed by atoms with Crippen LogP contribution in [0.1, 0.15) is 25.3 Å². The number of carbonyl (C=O) groups is 1. The van der Waals surface area contributed by atoms with Gasteiger partial charge in [-0.3, -0.25) is 14.9 Å². The first-order valence-electron chi connectivity index (χ1n) is 10.3. The highest BCUT2D eigenvalue weighted by Gasteiger charge is 2.41. The number of alkyl halides is 3. The van der Waals surface area contributed by atoms with E-state index in [1.807, 2.05) is 0 Å². The van der Waals surface area contributed by atoms with Gasteiger partial charge in [-0.25, -0.2) is 9.37 Å². The standard InChI is InChI=1S/C21H19F4N7O/c1-3-31(2)19-17(22)16(21(23,24)25)15(11-6-27-30-18(11)19)12-8-32-9-13(28-14(32)7-26-12)29-20(33)10-4-5-10/h6-10H,3-5H2,1-2H3,(H,27,30)(H,29,33). The zero-order chi connectivity index (χ0) is 23.5. The molecule has 8 nitrogen and oxygen atoms in total. The van der Waals surface area contributed by atoms with Gasteiger partial charge < -0.3 is 14.6 Å². The highest BCUT2D eigenvalue weighted by Crippen LogP contribution is 2.46. The summed E-state index contributed by atoms with van der Waals surface area (Å²) in [5.41, 5.74) is -1.69. The lowest BCUT2D eigenvalue weighted by Gasteiger charge is -2.23. The maximum atomic E-state index is 15.4. The van der Waals surface area contributed by atoms with Crippen LogP contribution in [-0.2, 0) is 11.0 Å². The number of fused-ring (bicyclic) bond motifs is 2. The molecule has 0 unspecified atom stereocenters. The Morgan fingerprint density at radius 2 is 2.06 bits per heavy atom. The first kappa shape index (κ1) is 21.2. The predicted octanol–water partition coefficient (Wildman–Crippen LogP) is 4.24. The monoisotopic (exact) mass is 461 g/mol. The van der Waals surface area contributed by atoms with Gasteiger partial charge in [0, 0.05) is 36.7 Å². The molecule has 3 heterocycles. The summed E-state index contributed by atoms with van der Waals surface area (Å²) in [6.45, 7) is 1.99. The van der Waals surface area contributed by atoms with Crippen LogP contribution in [-0.4, -0.2) is 44.1 Å². The van der Waals surface area contributed by atoms with Crippen molar-refractivity contribution in [2.75, 3.05) is 23.8 Å². The topological polar surface area (TPSA) is 91.2 Å². The smallest absolute Gasteiger partial charge is 0.371 e. The predicted molar refractivity (Wildman–Crippen MR) is 113 cm³/mol. The number of nitrogens with zero attached hydrogens (tertiary/aromatic N) is 5. The van der Waals surface area contributed by atoms with Crippen LogP contribution in [0.5, 0.6) is 0 Å². The van der Waals surface area contributed by atoms with Gasteiger partial charge in [0.1, 0.15) is 5.56 Å². The number of hydrogen-bond donors (Lipinski definition) is 2. The van der Waals surface area contributed by atoms with Gasteiger partial charge in [0.05, 0.1) is 35.5 Å². The number of nitrogens with one attached hydrogen (secondary N) is 2. The van der Waals surface area contributed by atoms with E-state index in [1.165, 1.54) is 41.1 Å². The van der Waals surface area contributed by atoms with Gasteiger partial charge in [-0.05, 0) is 19.8 Å². The Bertz CT molecular complexity index is 1390. The zero-order valence-electron chi connectivity index (χ0n) is 17.7. The van der Waals surface area contributed by atoms with Crippen LogP contribution >= 0.6 is 0 Å². The van der Waals surface area contributed by atoms with Crippen molar-refractivity contribution in [3.8, 4) is 11.3 Å². The van der Waals surface area contributed by atoms with Crippen molar-refractivity contribution >= 4 is 34.0 Å². The normalized spacial score (nSPS) is 14.2. The quantitative estimate of drug-likeness (QED) is 0.434. The second-order valence-electron chi connectivity index (χ2n) is 8.01. The van der Waals surface area contributed by atoms with Crippen LogP contribution < -0.4 is 10.2 Å². The number of benzene rings is 1. The van der Waals surface area contributed by atoms with Gasteiger partial charge >= 0.3 is 6.18 Å². The molecular weight excluding hydrogens is 442 g/mol. The maximum absolute atomic E-state index is 15.4. The van der Waals surface area contributed by atoms with E-state index in [0.717, 1.165) is 12.8 Å². The molecule has 12 heteroatoms. The minimum Gasteiger partial charge on any atom is -0.371 e. The molecule has 5 rings (SSSR count). The molecule has 1 saturated carbocycles. The number of anilines is 2. The summed E-state index contributed by atoms with van der Waals surface area (Å²) in [7, 11) is 1.51. The molecule has 0 aliphatic heterocycles. The van der Waals surface area contributed by atoms with Crippen molar-refractivity contribution in [3.63, 3.8) is 0 Å². The minimum atomic E-state index is -4.98. The van der Waals surface area contributed by atoms with Crippen LogP contribution in [0.15, 0.2) is 24.8 Å². The SMILES string of the molecule is CCN(C)c1c(F)c(C(F)(F)F)c(-c2cn3cc(NC(=O)C4CC4)nc3cn2)c2cn[nH]c12. The molecule has 1 amide bonds. The Hall–Kier alpha value is -3.70. The van der Waals surface area contributed by atoms with Crippen molar-refractivity contribution in [1.29, 1.82) is 0 Å². The average Bonchev–Trinajstić information content (AvgIpc) is 3.37. The summed E-state index contributed by atoms with van der Waals surface area (Å²) in [4.78, 5) is 21.8. The lowest BCUT2D eigenvalue weighted by molar-refractivity contribution is -0.139. The second kappa shape index (κ2) is 7.42. The molecule has 0 radical (unpaired) electrons. The maximum Gasteiger partial charge on any atom is 0.419 e. The molecule has 1 aromatic carbocycles. The van der Waals surface area contributed by atoms with Crippen LogP contribution in [0.25, 0.3) is 27.8 Å². The molecule has 2 N–H and O–H groups in total. The average molecular weight is 461 g/mol. The molecule has 33 heavy (non-hydrogen) atoms. The summed E-state index contributed by atoms with van der Waals surface area (Å²) in [6.07, 6.45) is 1.97. The number of imidazole rings is 1. The summed E-state index contributed by atoms with van der Waals surface area (Å²) in [5.74, 6) is -1.32. The van der Waals surface area contributed by atoms with Crippen molar-refractivity contribution < 1.29 is 22.4 Å². The van der Waals surface area contributed by atoms with E-state index in [4.69, 9.17) is 0 Å². The number of carbonyl (C=O) groups excluding carboxylic acids is 1. The van der Waals surface area contributed by atoms with Gasteiger partial charge in [-0.15, -0.1) is 0 Å². The molecule has 4 aromatic rings. The molecule has 1 aliphatic carbocycles. The third-order valence-electron chi connectivity index (χ3n) is 5.76. The first-order chi connectivity index (χ1) is 15.7. The van der Waals surface area contributed by atoms with E-state index in [1.54, 1.807) is 6.92 Å². The molecule has 0 atom stereocenters. The lowest BCUT2D eigenvalue weighted by Crippen LogP contribution is -2.21. The number of hydrogen-bond acceptors (Lipinski definition) is 5. The van der Waals surface area contributed by atoms with E-state index in [2.05, 4.69) is 25.5 Å². The Labute approximate surface area is 184 Å². The van der Waals surface area contributed by atoms with E-state index in [0.29, 0.717) is 5.65 Å².